The summed E-state index contributed by atoms with van der Waals surface area (Å²) in [4.78, 5) is 48.3. The van der Waals surface area contributed by atoms with Crippen molar-refractivity contribution >= 4 is 40.5 Å². The van der Waals surface area contributed by atoms with Crippen molar-refractivity contribution in [3.63, 3.8) is 0 Å². The molecule has 0 unspecified atom stereocenters. The molecule has 0 bridgehead atoms. The number of carbonyl (C=O) groups excluding carboxylic acids is 3. The van der Waals surface area contributed by atoms with Gasteiger partial charge in [0.15, 0.2) is 24.0 Å². The number of carbonyl (C=O) groups is 3. The number of nitrogens with zero attached hydrogens (tertiary/aromatic N) is 5. The molecule has 13 nitrogen and oxygen atoms in total. The van der Waals surface area contributed by atoms with E-state index in [9.17, 15) is 19.5 Å². The van der Waals surface area contributed by atoms with Crippen molar-refractivity contribution in [3.8, 4) is 22.9 Å². The highest BCUT2D eigenvalue weighted by Gasteiger charge is 2.30. The maximum absolute atomic E-state index is 13.6. The Kier molecular flexibility index (Phi) is 9.31. The number of nitrogens with one attached hydrogen (secondary N) is 1. The van der Waals surface area contributed by atoms with Crippen LogP contribution in [0.3, 0.4) is 0 Å². The molecular weight excluding hydrogens is 580 g/mol. The third-order valence-electron chi connectivity index (χ3n) is 5.83. The summed E-state index contributed by atoms with van der Waals surface area (Å²) in [5.41, 5.74) is -0.354. The second-order valence-electron chi connectivity index (χ2n) is 12.5. The Hall–Kier alpha value is -5.20. The summed E-state index contributed by atoms with van der Waals surface area (Å²) in [5.74, 6) is -0.212. The molecule has 2 amide bonds. The van der Waals surface area contributed by atoms with Gasteiger partial charge in [0, 0.05) is 17.0 Å². The normalized spacial score (nSPS) is 11.8. The number of benzene rings is 2. The lowest BCUT2D eigenvalue weighted by atomic mass is 10.2. The van der Waals surface area contributed by atoms with Crippen LogP contribution in [0.4, 0.5) is 21.1 Å². The smallest absolute Gasteiger partial charge is 0.435 e. The van der Waals surface area contributed by atoms with E-state index in [2.05, 4.69) is 20.4 Å². The largest absolute Gasteiger partial charge is 0.503 e. The van der Waals surface area contributed by atoms with E-state index in [4.69, 9.17) is 14.2 Å². The summed E-state index contributed by atoms with van der Waals surface area (Å²) >= 11 is 0. The molecule has 2 aromatic heterocycles. The fourth-order valence-corrected chi connectivity index (χ4v) is 4.14. The van der Waals surface area contributed by atoms with Crippen LogP contribution in [0.25, 0.3) is 22.3 Å². The van der Waals surface area contributed by atoms with Gasteiger partial charge in [-0.2, -0.15) is 9.78 Å². The molecule has 0 aliphatic heterocycles. The van der Waals surface area contributed by atoms with E-state index >= 15 is 0 Å². The lowest BCUT2D eigenvalue weighted by molar-refractivity contribution is -0.123. The van der Waals surface area contributed by atoms with E-state index in [1.807, 2.05) is 13.8 Å². The Balaban J connectivity index is 1.73. The molecule has 0 saturated carbocycles. The lowest BCUT2D eigenvalue weighted by Gasteiger charge is -2.27. The SMILES string of the molecule is CC(C)NC(=O)COc1cccc(-c2ncc(O)c(N(C(=O)OC(C)(C)C)c3ccc4c(cnn4C(=O)OC(C)(C)C)c3)n2)c1. The van der Waals surface area contributed by atoms with Crippen molar-refractivity contribution in [2.45, 2.75) is 72.6 Å². The number of ether oxygens (including phenoxy) is 3. The summed E-state index contributed by atoms with van der Waals surface area (Å²) in [5, 5.41) is 18.4. The van der Waals surface area contributed by atoms with Crippen LogP contribution in [0, 0.1) is 0 Å². The molecule has 4 aromatic rings. The van der Waals surface area contributed by atoms with Gasteiger partial charge in [0.2, 0.25) is 0 Å². The van der Waals surface area contributed by atoms with Crippen molar-refractivity contribution in [1.82, 2.24) is 25.1 Å². The second-order valence-corrected chi connectivity index (χ2v) is 12.5. The van der Waals surface area contributed by atoms with E-state index in [0.717, 1.165) is 9.58 Å². The van der Waals surface area contributed by atoms with E-state index in [1.54, 1.807) is 84.0 Å². The topological polar surface area (TPSA) is 158 Å². The minimum absolute atomic E-state index is 0.0222. The second kappa shape index (κ2) is 12.8. The zero-order valence-electron chi connectivity index (χ0n) is 26.6. The number of anilines is 2. The highest BCUT2D eigenvalue weighted by molar-refractivity contribution is 5.99. The van der Waals surface area contributed by atoms with Gasteiger partial charge < -0.3 is 24.6 Å². The van der Waals surface area contributed by atoms with Gasteiger partial charge in [-0.1, -0.05) is 12.1 Å². The number of hydrogen-bond acceptors (Lipinski definition) is 10. The average Bonchev–Trinajstić information content (AvgIpc) is 3.35. The molecule has 238 valence electrons. The van der Waals surface area contributed by atoms with E-state index < -0.39 is 23.4 Å². The zero-order valence-corrected chi connectivity index (χ0v) is 26.6. The number of aromatic nitrogens is 4. The number of hydrogen-bond donors (Lipinski definition) is 2. The van der Waals surface area contributed by atoms with Crippen molar-refractivity contribution in [3.05, 3.63) is 54.9 Å². The molecule has 0 aliphatic rings. The standard InChI is InChI=1S/C32H38N6O7/c1-19(2)35-26(40)18-43-23-11-9-10-20(15-23)27-33-17-25(39)28(36-27)37(29(41)44-31(3,4)5)22-12-13-24-21(14-22)16-34-38(24)30(42)45-32(6,7)8/h9-17,19,39H,18H2,1-8H3,(H,35,40). The summed E-state index contributed by atoms with van der Waals surface area (Å²) in [6.07, 6.45) is 1.18. The summed E-state index contributed by atoms with van der Waals surface area (Å²) in [6.45, 7) is 14.0. The van der Waals surface area contributed by atoms with Crippen LogP contribution in [0.5, 0.6) is 11.5 Å². The van der Waals surface area contributed by atoms with Crippen molar-refractivity contribution < 1.29 is 33.7 Å². The molecule has 0 radical (unpaired) electrons. The summed E-state index contributed by atoms with van der Waals surface area (Å²) in [6, 6.07) is 11.5. The van der Waals surface area contributed by atoms with Gasteiger partial charge in [-0.25, -0.2) is 24.5 Å². The van der Waals surface area contributed by atoms with E-state index in [1.165, 1.54) is 12.4 Å². The van der Waals surface area contributed by atoms with Crippen LogP contribution in [-0.2, 0) is 14.3 Å². The molecule has 4 rings (SSSR count). The first-order chi connectivity index (χ1) is 21.0. The Bertz CT molecular complexity index is 1720. The Labute approximate surface area is 261 Å². The summed E-state index contributed by atoms with van der Waals surface area (Å²) < 4.78 is 17.9. The Morgan fingerprint density at radius 2 is 1.69 bits per heavy atom. The Morgan fingerprint density at radius 1 is 0.978 bits per heavy atom. The van der Waals surface area contributed by atoms with Crippen LogP contribution in [0.2, 0.25) is 0 Å². The van der Waals surface area contributed by atoms with Crippen LogP contribution in [-0.4, -0.2) is 66.8 Å². The van der Waals surface area contributed by atoms with Gasteiger partial charge >= 0.3 is 12.2 Å². The number of rotatable bonds is 7. The summed E-state index contributed by atoms with van der Waals surface area (Å²) in [7, 11) is 0. The van der Waals surface area contributed by atoms with Gasteiger partial charge in [-0.05, 0) is 85.7 Å². The van der Waals surface area contributed by atoms with Crippen molar-refractivity contribution in [1.29, 1.82) is 0 Å². The zero-order chi connectivity index (χ0) is 33.1. The van der Waals surface area contributed by atoms with Gasteiger partial charge in [-0.3, -0.25) is 4.79 Å². The maximum Gasteiger partial charge on any atom is 0.435 e. The molecule has 0 fully saturated rings. The number of aromatic hydroxyl groups is 1. The molecule has 2 heterocycles. The number of amides is 2. The quantitative estimate of drug-likeness (QED) is 0.253. The minimum atomic E-state index is -0.875. The molecule has 0 spiro atoms. The molecule has 0 atom stereocenters. The molecule has 2 N–H and O–H groups in total. The number of fused-ring (bicyclic) bond motifs is 1. The average molecular weight is 619 g/mol. The van der Waals surface area contributed by atoms with E-state index in [-0.39, 0.29) is 41.6 Å². The minimum Gasteiger partial charge on any atom is -0.503 e. The fraction of sp³-hybridized carbons (Fsp3) is 0.375. The van der Waals surface area contributed by atoms with E-state index in [0.29, 0.717) is 22.2 Å². The van der Waals surface area contributed by atoms with Crippen molar-refractivity contribution in [2.24, 2.45) is 0 Å². The molecule has 0 aliphatic carbocycles. The van der Waals surface area contributed by atoms with Crippen molar-refractivity contribution in [2.75, 3.05) is 11.5 Å². The third-order valence-corrected chi connectivity index (χ3v) is 5.83. The fourth-order valence-electron chi connectivity index (χ4n) is 4.14. The third kappa shape index (κ3) is 8.46. The van der Waals surface area contributed by atoms with Gasteiger partial charge in [0.05, 0.1) is 23.6 Å². The first kappa shape index (κ1) is 32.7. The lowest BCUT2D eigenvalue weighted by Crippen LogP contribution is -2.34. The first-order valence-corrected chi connectivity index (χ1v) is 14.3. The highest BCUT2D eigenvalue weighted by Crippen LogP contribution is 2.36. The highest BCUT2D eigenvalue weighted by atomic mass is 16.6. The predicted molar refractivity (Wildman–Crippen MR) is 168 cm³/mol. The Morgan fingerprint density at radius 3 is 2.36 bits per heavy atom. The monoisotopic (exact) mass is 618 g/mol. The van der Waals surface area contributed by atoms with Crippen LogP contribution < -0.4 is 15.0 Å². The molecule has 13 heteroatoms. The molecule has 0 saturated heterocycles. The molecular formula is C32H38N6O7. The van der Waals surface area contributed by atoms with Crippen LogP contribution in [0.15, 0.2) is 54.9 Å². The van der Waals surface area contributed by atoms with Gasteiger partial charge in [-0.15, -0.1) is 0 Å². The predicted octanol–water partition coefficient (Wildman–Crippen LogP) is 5.96. The van der Waals surface area contributed by atoms with Gasteiger partial charge in [0.1, 0.15) is 17.0 Å². The maximum atomic E-state index is 13.6. The van der Waals surface area contributed by atoms with Gasteiger partial charge in [0.25, 0.3) is 5.91 Å². The van der Waals surface area contributed by atoms with Crippen LogP contribution >= 0.6 is 0 Å². The van der Waals surface area contributed by atoms with Crippen LogP contribution in [0.1, 0.15) is 55.4 Å². The molecule has 45 heavy (non-hydrogen) atoms. The molecule has 2 aromatic carbocycles. The first-order valence-electron chi connectivity index (χ1n) is 14.3.